The normalized spacial score (nSPS) is 13.6. The SMILES string of the molecule is CC(=O)CN(CC(=O)O)NC(=O)OCC1c2ccccc2-c2ccccc21.Cc1ccc(CN(CC(=O)O)NC(=O)OCC2c3ccccc3-c3ccccc32)cc1.O=C(O)CN1CCCN1C(=O)OCC1c2ccccc2-c2ccccc21. The standard InChI is InChI=1S/C25H24N2O4.C20H20N2O5.C20H20N2O4/c1-17-10-12-18(13-11-17)14-27(15-24(28)29)26-25(30)31-16-23-21-8-4-2-6-19(21)20-7-3-5-9-22(20)23;1-13(23)10-22(11-19(24)25)21-20(26)27-12-18-16-8-4-2-6-14(16)15-7-3-5-9-17(15)18;23-19(24)12-21-10-5-11-22(21)20(25)26-13-18-16-8-3-1-6-14(16)15-7-2-4-9-17(15)18/h2-13,23H,14-16H2,1H3,(H,26,30)(H,28,29);2-9,18H,10-12H2,1H3,(H,21,26)(H,24,25);1-4,6-9,18H,5,10-13H2,(H,23,24). The number of carbonyl (C=O) groups is 7. The monoisotopic (exact) mass is 1140 g/mol. The molecule has 1 aliphatic heterocycles. The molecule has 84 heavy (non-hydrogen) atoms. The first kappa shape index (κ1) is 58.9. The van der Waals surface area contributed by atoms with Crippen molar-refractivity contribution in [2.45, 2.75) is 44.6 Å². The summed E-state index contributed by atoms with van der Waals surface area (Å²) >= 11 is 0. The van der Waals surface area contributed by atoms with E-state index in [9.17, 15) is 38.7 Å². The van der Waals surface area contributed by atoms with Gasteiger partial charge in [-0.15, -0.1) is 0 Å². The Kier molecular flexibility index (Phi) is 19.2. The molecule has 0 atom stereocenters. The van der Waals surface area contributed by atoms with Gasteiger partial charge in [0.1, 0.15) is 45.2 Å². The number of fused-ring (bicyclic) bond motifs is 9. The van der Waals surface area contributed by atoms with Crippen molar-refractivity contribution < 1.29 is 63.1 Å². The highest BCUT2D eigenvalue weighted by Crippen LogP contribution is 2.47. The average molecular weight is 1140 g/mol. The molecule has 0 unspecified atom stereocenters. The van der Waals surface area contributed by atoms with Crippen LogP contribution in [0.2, 0.25) is 0 Å². The van der Waals surface area contributed by atoms with Gasteiger partial charge in [0, 0.05) is 37.4 Å². The Balaban J connectivity index is 0.000000152. The summed E-state index contributed by atoms with van der Waals surface area (Å²) in [6, 6.07) is 56.2. The fourth-order valence-corrected chi connectivity index (χ4v) is 11.2. The molecule has 4 aliphatic rings. The first-order chi connectivity index (χ1) is 40.6. The lowest BCUT2D eigenvalue weighted by atomic mass is 9.98. The number of nitrogens with one attached hydrogen (secondary N) is 2. The molecule has 0 spiro atoms. The Morgan fingerprint density at radius 2 is 0.821 bits per heavy atom. The summed E-state index contributed by atoms with van der Waals surface area (Å²) in [6.45, 7) is 3.89. The van der Waals surface area contributed by atoms with E-state index < -0.39 is 42.7 Å². The van der Waals surface area contributed by atoms with Crippen molar-refractivity contribution >= 4 is 42.0 Å². The van der Waals surface area contributed by atoms with Crippen molar-refractivity contribution in [1.29, 1.82) is 0 Å². The van der Waals surface area contributed by atoms with Crippen LogP contribution in [0.25, 0.3) is 33.4 Å². The van der Waals surface area contributed by atoms with Crippen LogP contribution in [-0.2, 0) is 39.9 Å². The highest BCUT2D eigenvalue weighted by molar-refractivity contribution is 5.82. The fraction of sp³-hybridized carbons (Fsp3) is 0.246. The number of hydrogen-bond acceptors (Lipinski definition) is 13. The summed E-state index contributed by atoms with van der Waals surface area (Å²) < 4.78 is 16.4. The van der Waals surface area contributed by atoms with Crippen LogP contribution in [0.5, 0.6) is 0 Å². The van der Waals surface area contributed by atoms with E-state index in [1.54, 1.807) is 0 Å². The molecule has 11 rings (SSSR count). The van der Waals surface area contributed by atoms with Gasteiger partial charge in [-0.1, -0.05) is 175 Å². The number of aryl methyl sites for hydroxylation is 1. The number of ketones is 1. The van der Waals surface area contributed by atoms with E-state index in [0.717, 1.165) is 78.2 Å². The minimum Gasteiger partial charge on any atom is -0.480 e. The van der Waals surface area contributed by atoms with Crippen LogP contribution in [0.15, 0.2) is 170 Å². The fourth-order valence-electron chi connectivity index (χ4n) is 11.2. The van der Waals surface area contributed by atoms with Crippen LogP contribution < -0.4 is 10.9 Å². The van der Waals surface area contributed by atoms with Crippen molar-refractivity contribution in [3.8, 4) is 33.4 Å². The number of nitrogens with zero attached hydrogens (tertiary/aromatic N) is 4. The zero-order chi connectivity index (χ0) is 59.3. The molecule has 0 saturated carbocycles. The summed E-state index contributed by atoms with van der Waals surface area (Å²) in [4.78, 5) is 81.4. The molecule has 1 saturated heterocycles. The molecule has 19 heteroatoms. The summed E-state index contributed by atoms with van der Waals surface area (Å²) in [5.74, 6) is -3.56. The number of amides is 3. The van der Waals surface area contributed by atoms with Gasteiger partial charge in [-0.05, 0) is 92.6 Å². The number of hydrogen-bond donors (Lipinski definition) is 5. The maximum Gasteiger partial charge on any atom is 0.424 e. The van der Waals surface area contributed by atoms with Crippen LogP contribution in [0.1, 0.15) is 75.6 Å². The van der Waals surface area contributed by atoms with Crippen molar-refractivity contribution in [1.82, 2.24) is 30.9 Å². The smallest absolute Gasteiger partial charge is 0.424 e. The molecular weight excluding hydrogens is 1070 g/mol. The Bertz CT molecular complexity index is 3400. The summed E-state index contributed by atoms with van der Waals surface area (Å²) in [5.41, 5.74) is 20.5. The zero-order valence-corrected chi connectivity index (χ0v) is 46.4. The van der Waals surface area contributed by atoms with Gasteiger partial charge >= 0.3 is 36.2 Å². The Hall–Kier alpha value is -9.69. The van der Waals surface area contributed by atoms with E-state index in [4.69, 9.17) is 24.4 Å². The van der Waals surface area contributed by atoms with Crippen LogP contribution in [0, 0.1) is 6.92 Å². The Morgan fingerprint density at radius 3 is 1.19 bits per heavy atom. The van der Waals surface area contributed by atoms with E-state index in [2.05, 4.69) is 59.4 Å². The average Bonchev–Trinajstić information content (AvgIpc) is 2.32. The number of ether oxygens (including phenoxy) is 3. The third-order valence-electron chi connectivity index (χ3n) is 14.7. The minimum absolute atomic E-state index is 0.00174. The lowest BCUT2D eigenvalue weighted by Crippen LogP contribution is -2.47. The molecule has 1 heterocycles. The van der Waals surface area contributed by atoms with Gasteiger partial charge in [0.2, 0.25) is 0 Å². The van der Waals surface area contributed by atoms with Gasteiger partial charge in [-0.25, -0.2) is 29.4 Å². The van der Waals surface area contributed by atoms with Crippen molar-refractivity contribution in [3.63, 3.8) is 0 Å². The predicted molar refractivity (Wildman–Crippen MR) is 311 cm³/mol. The molecule has 0 bridgehead atoms. The Labute approximate surface area is 485 Å². The van der Waals surface area contributed by atoms with Crippen LogP contribution >= 0.6 is 0 Å². The first-order valence-electron chi connectivity index (χ1n) is 27.4. The molecule has 432 valence electrons. The second-order valence-corrected chi connectivity index (χ2v) is 20.6. The molecule has 1 fully saturated rings. The number of aliphatic carboxylic acids is 3. The van der Waals surface area contributed by atoms with Crippen molar-refractivity contribution in [3.05, 3.63) is 214 Å². The van der Waals surface area contributed by atoms with E-state index in [1.807, 2.05) is 128 Å². The number of carbonyl (C=O) groups excluding carboxylic acids is 4. The quantitative estimate of drug-likeness (QED) is 0.0396. The van der Waals surface area contributed by atoms with E-state index in [1.165, 1.54) is 33.1 Å². The third-order valence-corrected chi connectivity index (χ3v) is 14.7. The third kappa shape index (κ3) is 14.5. The number of Topliss-reactive ketones (excluding diaryl/α,β-unsaturated/α-hetero) is 1. The Morgan fingerprint density at radius 1 is 0.464 bits per heavy atom. The summed E-state index contributed by atoms with van der Waals surface area (Å²) in [7, 11) is 0. The molecule has 0 radical (unpaired) electrons. The highest BCUT2D eigenvalue weighted by atomic mass is 16.6. The summed E-state index contributed by atoms with van der Waals surface area (Å²) in [6.07, 6.45) is -1.20. The molecule has 0 aromatic heterocycles. The zero-order valence-electron chi connectivity index (χ0n) is 46.4. The van der Waals surface area contributed by atoms with Gasteiger partial charge in [0.25, 0.3) is 0 Å². The minimum atomic E-state index is -1.16. The topological polar surface area (TPSA) is 245 Å². The van der Waals surface area contributed by atoms with Crippen LogP contribution in [0.4, 0.5) is 14.4 Å². The van der Waals surface area contributed by atoms with Crippen molar-refractivity contribution in [2.75, 3.05) is 59.1 Å². The van der Waals surface area contributed by atoms with Gasteiger partial charge in [0.05, 0.1) is 6.54 Å². The van der Waals surface area contributed by atoms with Crippen LogP contribution in [-0.4, -0.2) is 136 Å². The molecule has 7 aromatic carbocycles. The van der Waals surface area contributed by atoms with E-state index >= 15 is 0 Å². The molecule has 5 N–H and O–H groups in total. The molecule has 19 nitrogen and oxygen atoms in total. The lowest BCUT2D eigenvalue weighted by molar-refractivity contribution is -0.141. The second-order valence-electron chi connectivity index (χ2n) is 20.6. The number of carboxylic acid groups (broad SMARTS) is 3. The maximum absolute atomic E-state index is 12.5. The van der Waals surface area contributed by atoms with E-state index in [0.29, 0.717) is 13.1 Å². The van der Waals surface area contributed by atoms with Crippen molar-refractivity contribution in [2.24, 2.45) is 0 Å². The first-order valence-corrected chi connectivity index (χ1v) is 27.4. The number of hydrazine groups is 3. The molecule has 7 aromatic rings. The largest absolute Gasteiger partial charge is 0.480 e. The van der Waals surface area contributed by atoms with Gasteiger partial charge in [-0.2, -0.15) is 5.01 Å². The predicted octanol–water partition coefficient (Wildman–Crippen LogP) is 9.69. The van der Waals surface area contributed by atoms with Gasteiger partial charge in [0.15, 0.2) is 0 Å². The van der Waals surface area contributed by atoms with Gasteiger partial charge in [-0.3, -0.25) is 30.0 Å². The van der Waals surface area contributed by atoms with E-state index in [-0.39, 0.29) is 69.5 Å². The molecular formula is C65H64N6O13. The highest BCUT2D eigenvalue weighted by Gasteiger charge is 2.34. The molecule has 3 amide bonds. The number of rotatable bonds is 18. The van der Waals surface area contributed by atoms with Crippen LogP contribution in [0.3, 0.4) is 0 Å². The lowest BCUT2D eigenvalue weighted by Gasteiger charge is -2.26. The number of carboxylic acids is 3. The maximum atomic E-state index is 12.5. The number of benzene rings is 7. The summed E-state index contributed by atoms with van der Waals surface area (Å²) in [5, 5.41) is 32.4. The second kappa shape index (κ2) is 27.4. The molecule has 3 aliphatic carbocycles. The van der Waals surface area contributed by atoms with Gasteiger partial charge < -0.3 is 29.5 Å².